The van der Waals surface area contributed by atoms with Gasteiger partial charge in [0.15, 0.2) is 0 Å². The maximum atomic E-state index is 11.7. The maximum absolute atomic E-state index is 11.7. The Kier molecular flexibility index (Phi) is 4.04. The summed E-state index contributed by atoms with van der Waals surface area (Å²) in [4.78, 5) is 11.7. The molecule has 0 bridgehead atoms. The molecule has 1 heterocycles. The van der Waals surface area contributed by atoms with Gasteiger partial charge in [0, 0.05) is 12.3 Å². The minimum atomic E-state index is -0.199. The van der Waals surface area contributed by atoms with Gasteiger partial charge in [-0.15, -0.1) is 0 Å². The number of amides is 2. The predicted molar refractivity (Wildman–Crippen MR) is 69.1 cm³/mol. The Bertz CT molecular complexity index is 428. The number of rotatable bonds is 3. The summed E-state index contributed by atoms with van der Waals surface area (Å²) in [6.07, 6.45) is 0.870. The van der Waals surface area contributed by atoms with E-state index in [1.54, 1.807) is 7.11 Å². The lowest BCUT2D eigenvalue weighted by Gasteiger charge is -2.13. The summed E-state index contributed by atoms with van der Waals surface area (Å²) in [5, 5.41) is 5.67. The quantitative estimate of drug-likeness (QED) is 0.861. The highest BCUT2D eigenvalue weighted by atomic mass is 16.5. The first-order valence-corrected chi connectivity index (χ1v) is 5.99. The first kappa shape index (κ1) is 12.7. The summed E-state index contributed by atoms with van der Waals surface area (Å²) in [6.45, 7) is 3.24. The van der Waals surface area contributed by atoms with Crippen molar-refractivity contribution in [1.82, 2.24) is 5.32 Å². The van der Waals surface area contributed by atoms with E-state index in [1.165, 1.54) is 0 Å². The first-order chi connectivity index (χ1) is 8.69. The lowest BCUT2D eigenvalue weighted by Crippen LogP contribution is -2.38. The van der Waals surface area contributed by atoms with Gasteiger partial charge in [-0.05, 0) is 37.1 Å². The number of ether oxygens (including phenoxy) is 2. The molecule has 1 aromatic carbocycles. The second kappa shape index (κ2) is 5.73. The average Bonchev–Trinajstić information content (AvgIpc) is 2.82. The van der Waals surface area contributed by atoms with Gasteiger partial charge in [0.2, 0.25) is 0 Å². The zero-order valence-electron chi connectivity index (χ0n) is 10.7. The van der Waals surface area contributed by atoms with Crippen molar-refractivity contribution in [2.75, 3.05) is 25.6 Å². The van der Waals surface area contributed by atoms with E-state index in [4.69, 9.17) is 9.47 Å². The van der Waals surface area contributed by atoms with Crippen LogP contribution in [0.1, 0.15) is 12.0 Å². The predicted octanol–water partition coefficient (Wildman–Crippen LogP) is 1.91. The molecule has 18 heavy (non-hydrogen) atoms. The molecule has 0 spiro atoms. The largest absolute Gasteiger partial charge is 0.496 e. The molecule has 1 unspecified atom stereocenters. The minimum Gasteiger partial charge on any atom is -0.496 e. The van der Waals surface area contributed by atoms with Gasteiger partial charge in [-0.2, -0.15) is 0 Å². The Morgan fingerprint density at radius 1 is 1.50 bits per heavy atom. The van der Waals surface area contributed by atoms with Crippen LogP contribution in [-0.2, 0) is 4.74 Å². The molecule has 5 nitrogen and oxygen atoms in total. The van der Waals surface area contributed by atoms with Crippen LogP contribution in [0.4, 0.5) is 10.5 Å². The van der Waals surface area contributed by atoms with Crippen molar-refractivity contribution in [3.8, 4) is 5.75 Å². The number of carbonyl (C=O) groups excluding carboxylic acids is 1. The summed E-state index contributed by atoms with van der Waals surface area (Å²) in [5.74, 6) is 0.810. The Morgan fingerprint density at radius 2 is 2.33 bits per heavy atom. The Labute approximate surface area is 106 Å². The fraction of sp³-hybridized carbons (Fsp3) is 0.462. The van der Waals surface area contributed by atoms with Crippen LogP contribution in [0.15, 0.2) is 18.2 Å². The number of urea groups is 1. The number of benzene rings is 1. The van der Waals surface area contributed by atoms with Crippen molar-refractivity contribution in [2.45, 2.75) is 19.4 Å². The molecule has 0 radical (unpaired) electrons. The van der Waals surface area contributed by atoms with Crippen LogP contribution >= 0.6 is 0 Å². The van der Waals surface area contributed by atoms with Crippen LogP contribution in [0.5, 0.6) is 5.75 Å². The molecule has 1 atom stereocenters. The van der Waals surface area contributed by atoms with E-state index in [-0.39, 0.29) is 12.1 Å². The van der Waals surface area contributed by atoms with Crippen LogP contribution in [0.25, 0.3) is 0 Å². The molecule has 1 aliphatic heterocycles. The van der Waals surface area contributed by atoms with E-state index in [1.807, 2.05) is 25.1 Å². The molecule has 0 aliphatic carbocycles. The molecule has 0 aromatic heterocycles. The van der Waals surface area contributed by atoms with Gasteiger partial charge in [-0.1, -0.05) is 0 Å². The monoisotopic (exact) mass is 250 g/mol. The third-order valence-corrected chi connectivity index (χ3v) is 2.92. The third kappa shape index (κ3) is 3.13. The molecule has 1 saturated heterocycles. The van der Waals surface area contributed by atoms with Gasteiger partial charge >= 0.3 is 6.03 Å². The molecule has 5 heteroatoms. The second-order valence-electron chi connectivity index (χ2n) is 4.34. The topological polar surface area (TPSA) is 59.6 Å². The average molecular weight is 250 g/mol. The molecule has 98 valence electrons. The van der Waals surface area contributed by atoms with Crippen LogP contribution in [-0.4, -0.2) is 32.4 Å². The summed E-state index contributed by atoms with van der Waals surface area (Å²) < 4.78 is 10.4. The molecule has 2 amide bonds. The summed E-state index contributed by atoms with van der Waals surface area (Å²) in [7, 11) is 1.63. The van der Waals surface area contributed by atoms with Crippen molar-refractivity contribution in [2.24, 2.45) is 0 Å². The summed E-state index contributed by atoms with van der Waals surface area (Å²) in [6, 6.07) is 5.45. The summed E-state index contributed by atoms with van der Waals surface area (Å²) in [5.41, 5.74) is 1.74. The lowest BCUT2D eigenvalue weighted by atomic mass is 10.2. The van der Waals surface area contributed by atoms with Crippen LogP contribution in [0.2, 0.25) is 0 Å². The van der Waals surface area contributed by atoms with Crippen LogP contribution in [0.3, 0.4) is 0 Å². The van der Waals surface area contributed by atoms with Gasteiger partial charge < -0.3 is 20.1 Å². The normalized spacial score (nSPS) is 18.4. The van der Waals surface area contributed by atoms with Crippen molar-refractivity contribution in [3.05, 3.63) is 23.8 Å². The highest BCUT2D eigenvalue weighted by Crippen LogP contribution is 2.21. The van der Waals surface area contributed by atoms with Crippen molar-refractivity contribution in [1.29, 1.82) is 0 Å². The Morgan fingerprint density at radius 3 is 2.94 bits per heavy atom. The van der Waals surface area contributed by atoms with E-state index in [0.29, 0.717) is 13.2 Å². The van der Waals surface area contributed by atoms with Crippen molar-refractivity contribution >= 4 is 11.7 Å². The molecule has 2 N–H and O–H groups in total. The van der Waals surface area contributed by atoms with E-state index in [0.717, 1.165) is 23.4 Å². The molecule has 1 aromatic rings. The zero-order valence-corrected chi connectivity index (χ0v) is 10.7. The molecular formula is C13H18N2O3. The minimum absolute atomic E-state index is 0.115. The Balaban J connectivity index is 1.92. The van der Waals surface area contributed by atoms with Gasteiger partial charge in [0.05, 0.1) is 19.8 Å². The number of nitrogens with one attached hydrogen (secondary N) is 2. The molecule has 2 rings (SSSR count). The van der Waals surface area contributed by atoms with E-state index in [2.05, 4.69) is 10.6 Å². The number of carbonyl (C=O) groups is 1. The molecule has 1 aliphatic rings. The number of hydrogen-bond donors (Lipinski definition) is 2. The van der Waals surface area contributed by atoms with E-state index >= 15 is 0 Å². The maximum Gasteiger partial charge on any atom is 0.319 e. The second-order valence-corrected chi connectivity index (χ2v) is 4.34. The SMILES string of the molecule is COc1ccc(NC(=O)NC2CCOC2)cc1C. The fourth-order valence-corrected chi connectivity index (χ4v) is 1.96. The van der Waals surface area contributed by atoms with Gasteiger partial charge in [-0.3, -0.25) is 0 Å². The van der Waals surface area contributed by atoms with E-state index < -0.39 is 0 Å². The van der Waals surface area contributed by atoms with Crippen molar-refractivity contribution < 1.29 is 14.3 Å². The standard InChI is InChI=1S/C13H18N2O3/c1-9-7-10(3-4-12(9)17-2)14-13(16)15-11-5-6-18-8-11/h3-4,7,11H,5-6,8H2,1-2H3,(H2,14,15,16). The third-order valence-electron chi connectivity index (χ3n) is 2.92. The van der Waals surface area contributed by atoms with E-state index in [9.17, 15) is 4.79 Å². The van der Waals surface area contributed by atoms with Crippen LogP contribution < -0.4 is 15.4 Å². The Hall–Kier alpha value is -1.75. The summed E-state index contributed by atoms with van der Waals surface area (Å²) >= 11 is 0. The lowest BCUT2D eigenvalue weighted by molar-refractivity contribution is 0.189. The van der Waals surface area contributed by atoms with Gasteiger partial charge in [0.1, 0.15) is 5.75 Å². The van der Waals surface area contributed by atoms with Gasteiger partial charge in [0.25, 0.3) is 0 Å². The number of aryl methyl sites for hydroxylation is 1. The van der Waals surface area contributed by atoms with Crippen LogP contribution in [0, 0.1) is 6.92 Å². The molecule has 0 saturated carbocycles. The highest BCUT2D eigenvalue weighted by molar-refractivity contribution is 5.89. The number of anilines is 1. The first-order valence-electron chi connectivity index (χ1n) is 5.99. The van der Waals surface area contributed by atoms with Crippen molar-refractivity contribution in [3.63, 3.8) is 0 Å². The smallest absolute Gasteiger partial charge is 0.319 e. The fourth-order valence-electron chi connectivity index (χ4n) is 1.96. The number of hydrogen-bond acceptors (Lipinski definition) is 3. The zero-order chi connectivity index (χ0) is 13.0. The molecular weight excluding hydrogens is 232 g/mol. The van der Waals surface area contributed by atoms with Gasteiger partial charge in [-0.25, -0.2) is 4.79 Å². The highest BCUT2D eigenvalue weighted by Gasteiger charge is 2.17. The number of methoxy groups -OCH3 is 1. The molecule has 1 fully saturated rings.